The topological polar surface area (TPSA) is 61.9 Å². The number of nitrogens with one attached hydrogen (secondary N) is 1. The predicted octanol–water partition coefficient (Wildman–Crippen LogP) is -0.307. The molecule has 0 unspecified atom stereocenters. The van der Waals surface area contributed by atoms with E-state index < -0.39 is 5.41 Å². The summed E-state index contributed by atoms with van der Waals surface area (Å²) in [6, 6.07) is 0. The smallest absolute Gasteiger partial charge is 0.238 e. The maximum absolute atomic E-state index is 12.5. The SMILES string of the molecule is COCCCNC(=O)C1(C(=O)N2CCN(C)CC2)CC1. The Morgan fingerprint density at radius 1 is 1.20 bits per heavy atom. The van der Waals surface area contributed by atoms with Gasteiger partial charge in [-0.15, -0.1) is 0 Å². The molecule has 1 aliphatic heterocycles. The fourth-order valence-corrected chi connectivity index (χ4v) is 2.56. The van der Waals surface area contributed by atoms with Crippen LogP contribution in [0.15, 0.2) is 0 Å². The van der Waals surface area contributed by atoms with Gasteiger partial charge < -0.3 is 19.9 Å². The number of hydrogen-bond donors (Lipinski definition) is 1. The average molecular weight is 283 g/mol. The third-order valence-corrected chi connectivity index (χ3v) is 4.20. The summed E-state index contributed by atoms with van der Waals surface area (Å²) < 4.78 is 4.95. The standard InChI is InChI=1S/C14H25N3O3/c1-16-7-9-17(10-8-16)13(19)14(4-5-14)12(18)15-6-3-11-20-2/h3-11H2,1-2H3,(H,15,18). The van der Waals surface area contributed by atoms with E-state index in [0.717, 1.165) is 32.6 Å². The zero-order valence-corrected chi connectivity index (χ0v) is 12.5. The minimum Gasteiger partial charge on any atom is -0.385 e. The summed E-state index contributed by atoms with van der Waals surface area (Å²) in [7, 11) is 3.69. The number of nitrogens with zero attached hydrogens (tertiary/aromatic N) is 2. The second-order valence-electron chi connectivity index (χ2n) is 5.78. The zero-order chi connectivity index (χ0) is 14.6. The monoisotopic (exact) mass is 283 g/mol. The third kappa shape index (κ3) is 3.30. The Bertz CT molecular complexity index is 361. The lowest BCUT2D eigenvalue weighted by atomic mass is 10.0. The lowest BCUT2D eigenvalue weighted by Crippen LogP contribution is -2.52. The molecular formula is C14H25N3O3. The molecule has 1 saturated heterocycles. The molecule has 2 fully saturated rings. The molecule has 0 aromatic heterocycles. The first-order valence-electron chi connectivity index (χ1n) is 7.35. The molecule has 0 bridgehead atoms. The van der Waals surface area contributed by atoms with Crippen molar-refractivity contribution in [3.8, 4) is 0 Å². The molecule has 0 aromatic carbocycles. The van der Waals surface area contributed by atoms with Crippen LogP contribution in [0.2, 0.25) is 0 Å². The number of amides is 2. The molecule has 1 N–H and O–H groups in total. The van der Waals surface area contributed by atoms with E-state index in [1.807, 2.05) is 4.90 Å². The number of likely N-dealkylation sites (N-methyl/N-ethyl adjacent to an activating group) is 1. The molecule has 1 heterocycles. The van der Waals surface area contributed by atoms with Crippen LogP contribution in [0.5, 0.6) is 0 Å². The van der Waals surface area contributed by atoms with Gasteiger partial charge in [-0.3, -0.25) is 9.59 Å². The first-order chi connectivity index (χ1) is 9.60. The highest BCUT2D eigenvalue weighted by Gasteiger charge is 2.57. The van der Waals surface area contributed by atoms with Crippen LogP contribution >= 0.6 is 0 Å². The van der Waals surface area contributed by atoms with Gasteiger partial charge in [0.05, 0.1) is 0 Å². The van der Waals surface area contributed by atoms with Gasteiger partial charge in [0.25, 0.3) is 0 Å². The molecule has 6 nitrogen and oxygen atoms in total. The van der Waals surface area contributed by atoms with Crippen molar-refractivity contribution in [2.45, 2.75) is 19.3 Å². The number of carbonyl (C=O) groups is 2. The molecule has 2 amide bonds. The number of piperazine rings is 1. The van der Waals surface area contributed by atoms with E-state index in [2.05, 4.69) is 17.3 Å². The second kappa shape index (κ2) is 6.54. The quantitative estimate of drug-likeness (QED) is 0.537. The minimum absolute atomic E-state index is 0.0230. The third-order valence-electron chi connectivity index (χ3n) is 4.20. The first kappa shape index (κ1) is 15.3. The van der Waals surface area contributed by atoms with Crippen molar-refractivity contribution in [3.63, 3.8) is 0 Å². The number of rotatable bonds is 6. The van der Waals surface area contributed by atoms with Gasteiger partial charge in [0, 0.05) is 46.4 Å². The lowest BCUT2D eigenvalue weighted by molar-refractivity contribution is -0.145. The summed E-state index contributed by atoms with van der Waals surface area (Å²) in [5.41, 5.74) is -0.761. The fraction of sp³-hybridized carbons (Fsp3) is 0.857. The highest BCUT2D eigenvalue weighted by Crippen LogP contribution is 2.47. The summed E-state index contributed by atoms with van der Waals surface area (Å²) in [5, 5.41) is 2.87. The van der Waals surface area contributed by atoms with Crippen LogP contribution < -0.4 is 5.32 Å². The van der Waals surface area contributed by atoms with Gasteiger partial charge in [0.1, 0.15) is 5.41 Å². The molecule has 20 heavy (non-hydrogen) atoms. The summed E-state index contributed by atoms with van der Waals surface area (Å²) in [4.78, 5) is 28.8. The molecule has 1 saturated carbocycles. The van der Waals surface area contributed by atoms with Crippen molar-refractivity contribution >= 4 is 11.8 Å². The summed E-state index contributed by atoms with van der Waals surface area (Å²) in [6.07, 6.45) is 2.16. The van der Waals surface area contributed by atoms with Crippen molar-refractivity contribution in [3.05, 3.63) is 0 Å². The van der Waals surface area contributed by atoms with Crippen molar-refractivity contribution in [2.75, 3.05) is 53.5 Å². The van der Waals surface area contributed by atoms with E-state index in [4.69, 9.17) is 4.74 Å². The van der Waals surface area contributed by atoms with E-state index >= 15 is 0 Å². The number of ether oxygens (including phenoxy) is 1. The van der Waals surface area contributed by atoms with E-state index in [1.165, 1.54) is 0 Å². The van der Waals surface area contributed by atoms with Gasteiger partial charge >= 0.3 is 0 Å². The molecular weight excluding hydrogens is 258 g/mol. The largest absolute Gasteiger partial charge is 0.385 e. The Morgan fingerprint density at radius 2 is 1.85 bits per heavy atom. The average Bonchev–Trinajstić information content (AvgIpc) is 3.25. The molecule has 0 spiro atoms. The zero-order valence-electron chi connectivity index (χ0n) is 12.5. The maximum Gasteiger partial charge on any atom is 0.238 e. The van der Waals surface area contributed by atoms with Gasteiger partial charge in [-0.2, -0.15) is 0 Å². The van der Waals surface area contributed by atoms with Crippen molar-refractivity contribution in [1.29, 1.82) is 0 Å². The normalized spacial score (nSPS) is 21.6. The van der Waals surface area contributed by atoms with Gasteiger partial charge in [0.15, 0.2) is 0 Å². The van der Waals surface area contributed by atoms with Crippen LogP contribution in [0.25, 0.3) is 0 Å². The maximum atomic E-state index is 12.5. The Labute approximate surface area is 120 Å². The number of carbonyl (C=O) groups excluding carboxylic acids is 2. The first-order valence-corrected chi connectivity index (χ1v) is 7.35. The van der Waals surface area contributed by atoms with Crippen LogP contribution in [-0.2, 0) is 14.3 Å². The lowest BCUT2D eigenvalue weighted by Gasteiger charge is -2.34. The Kier molecular flexibility index (Phi) is 4.99. The molecule has 1 aliphatic carbocycles. The second-order valence-corrected chi connectivity index (χ2v) is 5.78. The number of hydrogen-bond acceptors (Lipinski definition) is 4. The molecule has 0 atom stereocenters. The Morgan fingerprint density at radius 3 is 2.40 bits per heavy atom. The minimum atomic E-state index is -0.761. The van der Waals surface area contributed by atoms with Crippen LogP contribution in [0, 0.1) is 5.41 Å². The van der Waals surface area contributed by atoms with Crippen molar-refractivity contribution in [2.24, 2.45) is 5.41 Å². The molecule has 0 aromatic rings. The summed E-state index contributed by atoms with van der Waals surface area (Å²) in [6.45, 7) is 4.43. The van der Waals surface area contributed by atoms with Crippen molar-refractivity contribution < 1.29 is 14.3 Å². The van der Waals surface area contributed by atoms with Crippen LogP contribution in [0.1, 0.15) is 19.3 Å². The van der Waals surface area contributed by atoms with Crippen LogP contribution in [-0.4, -0.2) is 75.1 Å². The molecule has 114 valence electrons. The summed E-state index contributed by atoms with van der Waals surface area (Å²) in [5.74, 6) is -0.0765. The van der Waals surface area contributed by atoms with Crippen LogP contribution in [0.3, 0.4) is 0 Å². The van der Waals surface area contributed by atoms with E-state index in [9.17, 15) is 9.59 Å². The van der Waals surface area contributed by atoms with Gasteiger partial charge in [-0.25, -0.2) is 0 Å². The van der Waals surface area contributed by atoms with Gasteiger partial charge in [0.2, 0.25) is 11.8 Å². The Hall–Kier alpha value is -1.14. The summed E-state index contributed by atoms with van der Waals surface area (Å²) >= 11 is 0. The highest BCUT2D eigenvalue weighted by molar-refractivity contribution is 6.07. The molecule has 2 aliphatic rings. The van der Waals surface area contributed by atoms with E-state index in [-0.39, 0.29) is 11.8 Å². The molecule has 6 heteroatoms. The molecule has 2 rings (SSSR count). The number of methoxy groups -OCH3 is 1. The van der Waals surface area contributed by atoms with E-state index in [0.29, 0.717) is 26.0 Å². The predicted molar refractivity (Wildman–Crippen MR) is 75.2 cm³/mol. The van der Waals surface area contributed by atoms with Crippen molar-refractivity contribution in [1.82, 2.24) is 15.1 Å². The Balaban J connectivity index is 1.83. The van der Waals surface area contributed by atoms with Gasteiger partial charge in [-0.1, -0.05) is 0 Å². The molecule has 0 radical (unpaired) electrons. The van der Waals surface area contributed by atoms with E-state index in [1.54, 1.807) is 7.11 Å². The van der Waals surface area contributed by atoms with Crippen LogP contribution in [0.4, 0.5) is 0 Å². The van der Waals surface area contributed by atoms with Gasteiger partial charge in [-0.05, 0) is 26.3 Å². The fourth-order valence-electron chi connectivity index (χ4n) is 2.56. The highest BCUT2D eigenvalue weighted by atomic mass is 16.5.